The van der Waals surface area contributed by atoms with Crippen LogP contribution < -0.4 is 0 Å². The molecule has 1 amide bonds. The van der Waals surface area contributed by atoms with E-state index in [-0.39, 0.29) is 24.5 Å². The highest BCUT2D eigenvalue weighted by atomic mass is 16.5. The third-order valence-corrected chi connectivity index (χ3v) is 6.74. The number of rotatable bonds is 5. The summed E-state index contributed by atoms with van der Waals surface area (Å²) in [6, 6.07) is 3.63. The SMILES string of the molecule is C[C@@H]1CC2(CCN(C[C@@H](O)c3ccc(-n4cnnn4)nc3)CC2)C(=O)N1C1=CC(=O)OC1. The highest BCUT2D eigenvalue weighted by molar-refractivity contribution is 5.91. The summed E-state index contributed by atoms with van der Waals surface area (Å²) in [5, 5.41) is 21.7. The normalized spacial score (nSPS) is 24.1. The molecule has 0 saturated carbocycles. The number of carbonyl (C=O) groups is 2. The Morgan fingerprint density at radius 2 is 2.09 bits per heavy atom. The molecule has 0 unspecified atom stereocenters. The van der Waals surface area contributed by atoms with E-state index in [1.165, 1.54) is 17.1 Å². The summed E-state index contributed by atoms with van der Waals surface area (Å²) in [4.78, 5) is 33.0. The van der Waals surface area contributed by atoms with E-state index in [4.69, 9.17) is 4.74 Å². The monoisotopic (exact) mass is 439 g/mol. The molecule has 11 nitrogen and oxygen atoms in total. The first kappa shape index (κ1) is 20.7. The summed E-state index contributed by atoms with van der Waals surface area (Å²) in [5.41, 5.74) is 0.985. The van der Waals surface area contributed by atoms with Crippen LogP contribution in [-0.4, -0.2) is 84.3 Å². The molecule has 2 aromatic rings. The third-order valence-electron chi connectivity index (χ3n) is 6.74. The van der Waals surface area contributed by atoms with Gasteiger partial charge >= 0.3 is 5.97 Å². The summed E-state index contributed by atoms with van der Waals surface area (Å²) in [6.45, 7) is 4.13. The first-order valence-corrected chi connectivity index (χ1v) is 10.8. The molecule has 0 bridgehead atoms. The number of aromatic nitrogens is 5. The van der Waals surface area contributed by atoms with Gasteiger partial charge in [-0.25, -0.2) is 9.78 Å². The zero-order valence-electron chi connectivity index (χ0n) is 17.8. The Labute approximate surface area is 184 Å². The predicted molar refractivity (Wildman–Crippen MR) is 110 cm³/mol. The molecule has 32 heavy (non-hydrogen) atoms. The van der Waals surface area contributed by atoms with E-state index in [9.17, 15) is 14.7 Å². The number of ether oxygens (including phenoxy) is 1. The Morgan fingerprint density at radius 1 is 1.28 bits per heavy atom. The van der Waals surface area contributed by atoms with E-state index in [2.05, 4.69) is 25.4 Å². The molecule has 5 rings (SSSR count). The van der Waals surface area contributed by atoms with Crippen molar-refractivity contribution in [3.63, 3.8) is 0 Å². The number of hydrogen-bond donors (Lipinski definition) is 1. The molecule has 0 radical (unpaired) electrons. The van der Waals surface area contributed by atoms with Gasteiger partial charge in [-0.1, -0.05) is 6.07 Å². The molecule has 3 aliphatic heterocycles. The van der Waals surface area contributed by atoms with Gasteiger partial charge in [-0.15, -0.1) is 5.10 Å². The summed E-state index contributed by atoms with van der Waals surface area (Å²) in [6.07, 6.45) is 6.08. The minimum atomic E-state index is -0.680. The van der Waals surface area contributed by atoms with Crippen LogP contribution in [0.5, 0.6) is 0 Å². The highest BCUT2D eigenvalue weighted by Gasteiger charge is 2.52. The number of nitrogens with zero attached hydrogens (tertiary/aromatic N) is 7. The largest absolute Gasteiger partial charge is 0.456 e. The predicted octanol–water partition coefficient (Wildman–Crippen LogP) is 0.234. The van der Waals surface area contributed by atoms with Crippen LogP contribution in [0.15, 0.2) is 36.4 Å². The third kappa shape index (κ3) is 3.67. The lowest BCUT2D eigenvalue weighted by atomic mass is 9.76. The van der Waals surface area contributed by atoms with Crippen molar-refractivity contribution in [2.45, 2.75) is 38.3 Å². The molecule has 1 spiro atoms. The van der Waals surface area contributed by atoms with E-state index in [0.29, 0.717) is 18.1 Å². The van der Waals surface area contributed by atoms with Gasteiger partial charge in [0.15, 0.2) is 5.82 Å². The minimum Gasteiger partial charge on any atom is -0.456 e. The number of tetrazole rings is 1. The van der Waals surface area contributed by atoms with E-state index in [0.717, 1.165) is 37.9 Å². The van der Waals surface area contributed by atoms with Crippen LogP contribution in [0.4, 0.5) is 0 Å². The van der Waals surface area contributed by atoms with Gasteiger partial charge in [-0.2, -0.15) is 4.68 Å². The van der Waals surface area contributed by atoms with E-state index in [1.54, 1.807) is 17.2 Å². The molecule has 2 fully saturated rings. The fourth-order valence-corrected chi connectivity index (χ4v) is 5.04. The summed E-state index contributed by atoms with van der Waals surface area (Å²) < 4.78 is 6.46. The number of hydrogen-bond acceptors (Lipinski definition) is 9. The number of carbonyl (C=O) groups excluding carboxylic acids is 2. The van der Waals surface area contributed by atoms with E-state index >= 15 is 0 Å². The molecular formula is C21H25N7O4. The second-order valence-corrected chi connectivity index (χ2v) is 8.77. The molecule has 0 aromatic carbocycles. The molecule has 168 valence electrons. The average molecular weight is 439 g/mol. The first-order chi connectivity index (χ1) is 15.4. The number of pyridine rings is 1. The lowest BCUT2D eigenvalue weighted by Crippen LogP contribution is -2.45. The minimum absolute atomic E-state index is 0.0464. The maximum absolute atomic E-state index is 13.3. The number of likely N-dealkylation sites (tertiary alicyclic amines) is 2. The number of esters is 1. The molecule has 1 N–H and O–H groups in total. The van der Waals surface area contributed by atoms with Crippen LogP contribution in [0.2, 0.25) is 0 Å². The zero-order chi connectivity index (χ0) is 22.3. The van der Waals surface area contributed by atoms with Crippen LogP contribution in [0.25, 0.3) is 5.82 Å². The van der Waals surface area contributed by atoms with Gasteiger partial charge in [0.2, 0.25) is 5.91 Å². The van der Waals surface area contributed by atoms with E-state index in [1.807, 2.05) is 13.0 Å². The van der Waals surface area contributed by atoms with Gasteiger partial charge in [0.25, 0.3) is 0 Å². The first-order valence-electron chi connectivity index (χ1n) is 10.8. The highest BCUT2D eigenvalue weighted by Crippen LogP contribution is 2.46. The molecule has 11 heteroatoms. The van der Waals surface area contributed by atoms with Gasteiger partial charge in [-0.05, 0) is 55.8 Å². The lowest BCUT2D eigenvalue weighted by molar-refractivity contribution is -0.139. The molecule has 3 aliphatic rings. The van der Waals surface area contributed by atoms with Crippen LogP contribution in [0.3, 0.4) is 0 Å². The van der Waals surface area contributed by atoms with Gasteiger partial charge in [0, 0.05) is 30.4 Å². The molecule has 2 atom stereocenters. The van der Waals surface area contributed by atoms with Crippen LogP contribution >= 0.6 is 0 Å². The Morgan fingerprint density at radius 3 is 2.72 bits per heavy atom. The number of aliphatic hydroxyl groups excluding tert-OH is 1. The number of amides is 1. The topological polar surface area (TPSA) is 127 Å². The molecule has 0 aliphatic carbocycles. The Balaban J connectivity index is 1.19. The summed E-state index contributed by atoms with van der Waals surface area (Å²) in [7, 11) is 0. The number of β-amino-alcohol motifs (C(OH)–C–C–N with tert-alkyl or cyclic N) is 1. The van der Waals surface area contributed by atoms with Gasteiger partial charge in [-0.3, -0.25) is 4.79 Å². The standard InChI is InChI=1S/C21H25N7O4/c1-14-9-21(20(31)28(14)16-8-19(30)32-12-16)4-6-26(7-5-21)11-17(29)15-2-3-18(22-10-15)27-13-23-24-25-27/h2-3,8,10,13-14,17,29H,4-7,9,11-12H2,1H3/t14-,17-/m1/s1. The number of cyclic esters (lactones) is 1. The van der Waals surface area contributed by atoms with Crippen molar-refractivity contribution in [3.8, 4) is 5.82 Å². The van der Waals surface area contributed by atoms with Crippen molar-refractivity contribution >= 4 is 11.9 Å². The second-order valence-electron chi connectivity index (χ2n) is 8.77. The van der Waals surface area contributed by atoms with Crippen molar-refractivity contribution < 1.29 is 19.4 Å². The molecule has 2 aromatic heterocycles. The van der Waals surface area contributed by atoms with E-state index < -0.39 is 11.5 Å². The molecular weight excluding hydrogens is 414 g/mol. The van der Waals surface area contributed by atoms with Crippen molar-refractivity contribution in [3.05, 3.63) is 42.0 Å². The lowest BCUT2D eigenvalue weighted by Gasteiger charge is -2.38. The Kier molecular flexibility index (Phi) is 5.22. The Bertz CT molecular complexity index is 1030. The molecule has 2 saturated heterocycles. The van der Waals surface area contributed by atoms with Gasteiger partial charge in [0.05, 0.1) is 17.2 Å². The number of aliphatic hydroxyl groups is 1. The van der Waals surface area contributed by atoms with Crippen molar-refractivity contribution in [2.24, 2.45) is 5.41 Å². The second kappa shape index (κ2) is 8.06. The summed E-state index contributed by atoms with van der Waals surface area (Å²) >= 11 is 0. The quantitative estimate of drug-likeness (QED) is 0.652. The van der Waals surface area contributed by atoms with Crippen molar-refractivity contribution in [1.82, 2.24) is 35.0 Å². The maximum Gasteiger partial charge on any atom is 0.333 e. The molecule has 5 heterocycles. The van der Waals surface area contributed by atoms with Gasteiger partial charge in [0.1, 0.15) is 12.9 Å². The van der Waals surface area contributed by atoms with Crippen LogP contribution in [-0.2, 0) is 14.3 Å². The zero-order valence-corrected chi connectivity index (χ0v) is 17.8. The Hall–Kier alpha value is -3.18. The number of piperidine rings is 1. The van der Waals surface area contributed by atoms with Crippen molar-refractivity contribution in [1.29, 1.82) is 0 Å². The fraction of sp³-hybridized carbons (Fsp3) is 0.524. The maximum atomic E-state index is 13.3. The smallest absolute Gasteiger partial charge is 0.333 e. The average Bonchev–Trinajstić information content (AvgIpc) is 3.52. The van der Waals surface area contributed by atoms with Crippen LogP contribution in [0, 0.1) is 5.41 Å². The summed E-state index contributed by atoms with van der Waals surface area (Å²) in [5.74, 6) is 0.288. The van der Waals surface area contributed by atoms with Gasteiger partial charge < -0.3 is 19.6 Å². The van der Waals surface area contributed by atoms with Crippen LogP contribution in [0.1, 0.15) is 37.9 Å². The fourth-order valence-electron chi connectivity index (χ4n) is 5.04. The van der Waals surface area contributed by atoms with Crippen molar-refractivity contribution in [2.75, 3.05) is 26.2 Å².